The van der Waals surface area contributed by atoms with Gasteiger partial charge in [0.1, 0.15) is 0 Å². The number of hydrogen-bond acceptors (Lipinski definition) is 4. The SMILES string of the molecule is CCc1ccc(CC(NN)C2(N(C)C)CCCCCC2)s1. The average Bonchev–Trinajstić information content (AvgIpc) is 2.79. The molecule has 3 N–H and O–H groups in total. The predicted octanol–water partition coefficient (Wildman–Crippen LogP) is 3.34. The van der Waals surface area contributed by atoms with Crippen molar-refractivity contribution < 1.29 is 0 Å². The lowest BCUT2D eigenvalue weighted by Gasteiger charge is -2.45. The average molecular weight is 310 g/mol. The largest absolute Gasteiger partial charge is 0.302 e. The molecule has 1 aromatic rings. The van der Waals surface area contributed by atoms with Crippen molar-refractivity contribution in [1.29, 1.82) is 0 Å². The highest BCUT2D eigenvalue weighted by atomic mass is 32.1. The van der Waals surface area contributed by atoms with Gasteiger partial charge < -0.3 is 4.90 Å². The van der Waals surface area contributed by atoms with Crippen LogP contribution < -0.4 is 11.3 Å². The molecular formula is C17H31N3S. The van der Waals surface area contributed by atoms with Gasteiger partial charge in [-0.1, -0.05) is 32.6 Å². The van der Waals surface area contributed by atoms with Gasteiger partial charge in [-0.2, -0.15) is 0 Å². The minimum atomic E-state index is 0.196. The molecule has 0 amide bonds. The molecule has 1 aromatic heterocycles. The molecule has 120 valence electrons. The lowest BCUT2D eigenvalue weighted by Crippen LogP contribution is -2.61. The number of hydrazine groups is 1. The molecule has 1 saturated carbocycles. The zero-order chi connectivity index (χ0) is 15.3. The van der Waals surface area contributed by atoms with Gasteiger partial charge in [0.15, 0.2) is 0 Å². The van der Waals surface area contributed by atoms with E-state index in [0.717, 1.165) is 12.8 Å². The summed E-state index contributed by atoms with van der Waals surface area (Å²) in [6, 6.07) is 4.88. The zero-order valence-electron chi connectivity index (χ0n) is 13.8. The summed E-state index contributed by atoms with van der Waals surface area (Å²) in [5, 5.41) is 0. The van der Waals surface area contributed by atoms with Gasteiger partial charge in [0.2, 0.25) is 0 Å². The monoisotopic (exact) mass is 309 g/mol. The Balaban J connectivity index is 2.18. The Morgan fingerprint density at radius 1 is 1.19 bits per heavy atom. The molecule has 1 aliphatic carbocycles. The van der Waals surface area contributed by atoms with Gasteiger partial charge in [0.05, 0.1) is 0 Å². The van der Waals surface area contributed by atoms with Crippen molar-refractivity contribution in [3.8, 4) is 0 Å². The van der Waals surface area contributed by atoms with Gasteiger partial charge in [-0.05, 0) is 45.5 Å². The van der Waals surface area contributed by atoms with Crippen molar-refractivity contribution in [2.75, 3.05) is 14.1 Å². The topological polar surface area (TPSA) is 41.3 Å². The molecule has 0 bridgehead atoms. The van der Waals surface area contributed by atoms with Crippen LogP contribution in [0.25, 0.3) is 0 Å². The molecule has 2 rings (SSSR count). The van der Waals surface area contributed by atoms with Crippen LogP contribution in [-0.2, 0) is 12.8 Å². The highest BCUT2D eigenvalue weighted by molar-refractivity contribution is 7.11. The first-order valence-electron chi connectivity index (χ1n) is 8.33. The van der Waals surface area contributed by atoms with Crippen LogP contribution in [0.4, 0.5) is 0 Å². The number of aryl methyl sites for hydroxylation is 1. The summed E-state index contributed by atoms with van der Waals surface area (Å²) < 4.78 is 0. The Morgan fingerprint density at radius 2 is 1.81 bits per heavy atom. The Hall–Kier alpha value is -0.420. The summed E-state index contributed by atoms with van der Waals surface area (Å²) in [4.78, 5) is 5.36. The quantitative estimate of drug-likeness (QED) is 0.481. The smallest absolute Gasteiger partial charge is 0.0442 e. The summed E-state index contributed by atoms with van der Waals surface area (Å²) in [7, 11) is 4.45. The molecule has 1 unspecified atom stereocenters. The summed E-state index contributed by atoms with van der Waals surface area (Å²) in [6.07, 6.45) is 10.0. The molecular weight excluding hydrogens is 278 g/mol. The van der Waals surface area contributed by atoms with Crippen molar-refractivity contribution in [3.63, 3.8) is 0 Å². The summed E-state index contributed by atoms with van der Waals surface area (Å²) in [6.45, 7) is 2.22. The molecule has 0 aliphatic heterocycles. The second kappa shape index (κ2) is 7.73. The third-order valence-electron chi connectivity index (χ3n) is 5.18. The minimum absolute atomic E-state index is 0.196. The van der Waals surface area contributed by atoms with Crippen LogP contribution in [0.5, 0.6) is 0 Å². The Kier molecular flexibility index (Phi) is 6.23. The second-order valence-corrected chi connectivity index (χ2v) is 7.81. The number of thiophene rings is 1. The van der Waals surface area contributed by atoms with Gasteiger partial charge in [0, 0.05) is 27.8 Å². The fourth-order valence-corrected chi connectivity index (χ4v) is 4.78. The van der Waals surface area contributed by atoms with E-state index in [2.05, 4.69) is 43.5 Å². The number of rotatable bonds is 6. The second-order valence-electron chi connectivity index (χ2n) is 6.56. The van der Waals surface area contributed by atoms with Gasteiger partial charge >= 0.3 is 0 Å². The van der Waals surface area contributed by atoms with E-state index in [1.54, 1.807) is 0 Å². The highest BCUT2D eigenvalue weighted by Gasteiger charge is 2.40. The van der Waals surface area contributed by atoms with Crippen molar-refractivity contribution in [2.24, 2.45) is 5.84 Å². The molecule has 4 heteroatoms. The normalized spacial score (nSPS) is 20.4. The van der Waals surface area contributed by atoms with Gasteiger partial charge in [-0.25, -0.2) is 0 Å². The number of nitrogens with two attached hydrogens (primary N) is 1. The molecule has 1 heterocycles. The van der Waals surface area contributed by atoms with E-state index < -0.39 is 0 Å². The van der Waals surface area contributed by atoms with Crippen LogP contribution >= 0.6 is 11.3 Å². The first-order valence-corrected chi connectivity index (χ1v) is 9.15. The fourth-order valence-electron chi connectivity index (χ4n) is 3.78. The van der Waals surface area contributed by atoms with E-state index in [-0.39, 0.29) is 5.54 Å². The van der Waals surface area contributed by atoms with Gasteiger partial charge in [-0.3, -0.25) is 11.3 Å². The lowest BCUT2D eigenvalue weighted by atomic mass is 9.80. The van der Waals surface area contributed by atoms with Crippen molar-refractivity contribution in [2.45, 2.75) is 69.9 Å². The minimum Gasteiger partial charge on any atom is -0.302 e. The Morgan fingerprint density at radius 3 is 2.29 bits per heavy atom. The van der Waals surface area contributed by atoms with Crippen LogP contribution in [0.2, 0.25) is 0 Å². The van der Waals surface area contributed by atoms with E-state index in [9.17, 15) is 0 Å². The third kappa shape index (κ3) is 3.86. The molecule has 21 heavy (non-hydrogen) atoms. The standard InChI is InChI=1S/C17H31N3S/c1-4-14-9-10-15(21-14)13-16(19-18)17(20(2)3)11-7-5-6-8-12-17/h9-10,16,19H,4-8,11-13,18H2,1-3H3. The lowest BCUT2D eigenvalue weighted by molar-refractivity contribution is 0.0805. The van der Waals surface area contributed by atoms with Crippen molar-refractivity contribution >= 4 is 11.3 Å². The van der Waals surface area contributed by atoms with E-state index >= 15 is 0 Å². The zero-order valence-corrected chi connectivity index (χ0v) is 14.6. The molecule has 0 saturated heterocycles. The molecule has 1 fully saturated rings. The first-order chi connectivity index (χ1) is 10.1. The number of nitrogens with zero attached hydrogens (tertiary/aromatic N) is 1. The summed E-state index contributed by atoms with van der Waals surface area (Å²) in [5.74, 6) is 5.99. The molecule has 0 aromatic carbocycles. The van der Waals surface area contributed by atoms with E-state index in [0.29, 0.717) is 6.04 Å². The van der Waals surface area contributed by atoms with Gasteiger partial charge in [-0.15, -0.1) is 11.3 Å². The summed E-state index contributed by atoms with van der Waals surface area (Å²) in [5.41, 5.74) is 3.36. The third-order valence-corrected chi connectivity index (χ3v) is 6.43. The maximum atomic E-state index is 5.99. The Bertz CT molecular complexity index is 419. The van der Waals surface area contributed by atoms with E-state index in [1.807, 2.05) is 11.3 Å². The van der Waals surface area contributed by atoms with E-state index in [1.165, 1.54) is 48.3 Å². The fraction of sp³-hybridized carbons (Fsp3) is 0.765. The number of nitrogens with one attached hydrogen (secondary N) is 1. The van der Waals surface area contributed by atoms with Crippen molar-refractivity contribution in [3.05, 3.63) is 21.9 Å². The first kappa shape index (κ1) is 16.9. The van der Waals surface area contributed by atoms with Crippen LogP contribution in [0.15, 0.2) is 12.1 Å². The molecule has 3 nitrogen and oxygen atoms in total. The number of hydrogen-bond donors (Lipinski definition) is 2. The van der Waals surface area contributed by atoms with Gasteiger partial charge in [0.25, 0.3) is 0 Å². The van der Waals surface area contributed by atoms with Crippen LogP contribution in [0, 0.1) is 0 Å². The molecule has 1 aliphatic rings. The maximum absolute atomic E-state index is 5.99. The van der Waals surface area contributed by atoms with Crippen LogP contribution in [0.3, 0.4) is 0 Å². The molecule has 1 atom stereocenters. The van der Waals surface area contributed by atoms with Crippen LogP contribution in [-0.4, -0.2) is 30.6 Å². The van der Waals surface area contributed by atoms with Crippen molar-refractivity contribution in [1.82, 2.24) is 10.3 Å². The number of likely N-dealkylation sites (N-methyl/N-ethyl adjacent to an activating group) is 1. The Labute approximate surface area is 133 Å². The maximum Gasteiger partial charge on any atom is 0.0442 e. The van der Waals surface area contributed by atoms with E-state index in [4.69, 9.17) is 5.84 Å². The van der Waals surface area contributed by atoms with Crippen LogP contribution in [0.1, 0.15) is 55.2 Å². The summed E-state index contributed by atoms with van der Waals surface area (Å²) >= 11 is 1.94. The predicted molar refractivity (Wildman–Crippen MR) is 92.6 cm³/mol. The molecule has 0 spiro atoms. The highest BCUT2D eigenvalue weighted by Crippen LogP contribution is 2.35. The molecule has 0 radical (unpaired) electrons.